The van der Waals surface area contributed by atoms with E-state index in [2.05, 4.69) is 25.4 Å². The van der Waals surface area contributed by atoms with E-state index in [1.165, 1.54) is 6.07 Å². The predicted molar refractivity (Wildman–Crippen MR) is 123 cm³/mol. The van der Waals surface area contributed by atoms with Gasteiger partial charge in [0, 0.05) is 33.6 Å². The summed E-state index contributed by atoms with van der Waals surface area (Å²) in [6.45, 7) is 7.41. The van der Waals surface area contributed by atoms with Crippen molar-refractivity contribution in [2.45, 2.75) is 40.3 Å². The summed E-state index contributed by atoms with van der Waals surface area (Å²) in [5.74, 6) is 0.132. The molecule has 0 radical (unpaired) electrons. The van der Waals surface area contributed by atoms with E-state index in [1.807, 2.05) is 33.8 Å². The summed E-state index contributed by atoms with van der Waals surface area (Å²) in [5, 5.41) is 9.14. The molecule has 1 N–H and O–H groups in total. The second kappa shape index (κ2) is 8.98. The number of nitrogens with zero attached hydrogens (tertiary/aromatic N) is 5. The Labute approximate surface area is 197 Å². The highest BCUT2D eigenvalue weighted by Crippen LogP contribution is 2.33. The Hall–Kier alpha value is -3.60. The fourth-order valence-corrected chi connectivity index (χ4v) is 4.31. The van der Waals surface area contributed by atoms with Gasteiger partial charge < -0.3 is 5.32 Å². The number of hydrogen-bond donors (Lipinski definition) is 1. The number of anilines is 1. The van der Waals surface area contributed by atoms with Gasteiger partial charge in [0.2, 0.25) is 5.91 Å². The lowest BCUT2D eigenvalue weighted by molar-refractivity contribution is -0.137. The maximum absolute atomic E-state index is 13.0. The zero-order valence-electron chi connectivity index (χ0n) is 18.9. The van der Waals surface area contributed by atoms with Crippen molar-refractivity contribution in [3.63, 3.8) is 0 Å². The first-order valence-electron chi connectivity index (χ1n) is 10.3. The molecule has 3 aromatic heterocycles. The van der Waals surface area contributed by atoms with Crippen molar-refractivity contribution in [2.75, 3.05) is 5.32 Å². The van der Waals surface area contributed by atoms with E-state index in [1.54, 1.807) is 16.1 Å². The Bertz CT molecular complexity index is 1360. The fraction of sp³-hybridized carbons (Fsp3) is 0.261. The Morgan fingerprint density at radius 2 is 1.76 bits per heavy atom. The van der Waals surface area contributed by atoms with Gasteiger partial charge in [-0.1, -0.05) is 12.1 Å². The largest absolute Gasteiger partial charge is 0.416 e. The molecular weight excluding hydrogens is 465 g/mol. The van der Waals surface area contributed by atoms with E-state index >= 15 is 0 Å². The minimum absolute atomic E-state index is 0.0565. The quantitative estimate of drug-likeness (QED) is 0.418. The number of aryl methyl sites for hydroxylation is 3. The van der Waals surface area contributed by atoms with E-state index in [-0.39, 0.29) is 12.3 Å². The van der Waals surface area contributed by atoms with Gasteiger partial charge in [0.05, 0.1) is 23.4 Å². The van der Waals surface area contributed by atoms with Crippen LogP contribution in [0.3, 0.4) is 0 Å². The van der Waals surface area contributed by atoms with Crippen molar-refractivity contribution in [1.82, 2.24) is 24.7 Å². The molecule has 4 aromatic rings. The maximum atomic E-state index is 13.0. The highest BCUT2D eigenvalue weighted by Gasteiger charge is 2.30. The third-order valence-electron chi connectivity index (χ3n) is 5.17. The highest BCUT2D eigenvalue weighted by atomic mass is 32.1. The number of aromatic nitrogens is 5. The Balaban J connectivity index is 1.50. The summed E-state index contributed by atoms with van der Waals surface area (Å²) in [6, 6.07) is 6.79. The smallest absolute Gasteiger partial charge is 0.302 e. The van der Waals surface area contributed by atoms with Crippen LogP contribution in [0.1, 0.15) is 33.9 Å². The van der Waals surface area contributed by atoms with Gasteiger partial charge in [0.1, 0.15) is 0 Å². The van der Waals surface area contributed by atoms with Crippen LogP contribution in [0.15, 0.2) is 35.7 Å². The third kappa shape index (κ3) is 4.98. The molecule has 0 spiro atoms. The lowest BCUT2D eigenvalue weighted by atomic mass is 10.1. The first kappa shape index (κ1) is 23.6. The van der Waals surface area contributed by atoms with E-state index in [4.69, 9.17) is 0 Å². The highest BCUT2D eigenvalue weighted by molar-refractivity contribution is 7.14. The zero-order chi connectivity index (χ0) is 24.6. The molecule has 11 heteroatoms. The van der Waals surface area contributed by atoms with Crippen molar-refractivity contribution in [3.8, 4) is 17.2 Å². The van der Waals surface area contributed by atoms with Gasteiger partial charge in [-0.3, -0.25) is 4.79 Å². The third-order valence-corrected chi connectivity index (χ3v) is 5.93. The van der Waals surface area contributed by atoms with Gasteiger partial charge in [-0.05, 0) is 45.9 Å². The number of carbonyl (C=O) groups is 1. The van der Waals surface area contributed by atoms with Crippen LogP contribution in [0.4, 0.5) is 18.3 Å². The van der Waals surface area contributed by atoms with Gasteiger partial charge in [-0.25, -0.2) is 19.6 Å². The second-order valence-corrected chi connectivity index (χ2v) is 8.71. The maximum Gasteiger partial charge on any atom is 0.416 e. The Kier molecular flexibility index (Phi) is 6.22. The summed E-state index contributed by atoms with van der Waals surface area (Å²) in [7, 11) is 0. The number of nitrogens with one attached hydrogen (secondary N) is 1. The molecular formula is C23H21F3N6OS. The number of halogens is 3. The molecule has 0 saturated carbocycles. The zero-order valence-corrected chi connectivity index (χ0v) is 19.7. The fourth-order valence-electron chi connectivity index (χ4n) is 3.57. The number of benzene rings is 1. The molecule has 1 aromatic carbocycles. The summed E-state index contributed by atoms with van der Waals surface area (Å²) in [5.41, 5.74) is 3.74. The SMILES string of the molecule is Cc1cc(C)nc(-n2nc(C)c(CC(=O)Nc3nc(-c4cccc(C(F)(F)F)c4)cs3)c2C)n1. The second-order valence-electron chi connectivity index (χ2n) is 7.85. The van der Waals surface area contributed by atoms with Crippen LogP contribution >= 0.6 is 11.3 Å². The van der Waals surface area contributed by atoms with Gasteiger partial charge in [0.25, 0.3) is 5.95 Å². The molecule has 4 rings (SSSR count). The molecule has 1 amide bonds. The molecule has 0 saturated heterocycles. The summed E-state index contributed by atoms with van der Waals surface area (Å²) < 4.78 is 40.6. The molecule has 0 bridgehead atoms. The molecule has 0 aliphatic carbocycles. The van der Waals surface area contributed by atoms with Crippen LogP contribution in [0, 0.1) is 27.7 Å². The van der Waals surface area contributed by atoms with Crippen LogP contribution in [0.25, 0.3) is 17.2 Å². The Morgan fingerprint density at radius 1 is 1.06 bits per heavy atom. The van der Waals surface area contributed by atoms with Crippen molar-refractivity contribution in [1.29, 1.82) is 0 Å². The monoisotopic (exact) mass is 486 g/mol. The number of carbonyl (C=O) groups excluding carboxylic acids is 1. The lowest BCUT2D eigenvalue weighted by Crippen LogP contribution is -2.15. The number of amides is 1. The first-order chi connectivity index (χ1) is 16.0. The normalized spacial score (nSPS) is 11.6. The molecule has 0 atom stereocenters. The van der Waals surface area contributed by atoms with Crippen molar-refractivity contribution in [3.05, 3.63) is 69.6 Å². The summed E-state index contributed by atoms with van der Waals surface area (Å²) in [6.07, 6.45) is -4.38. The van der Waals surface area contributed by atoms with E-state index in [9.17, 15) is 18.0 Å². The van der Waals surface area contributed by atoms with Gasteiger partial charge in [0.15, 0.2) is 5.13 Å². The molecule has 0 unspecified atom stereocenters. The number of hydrogen-bond acceptors (Lipinski definition) is 6. The molecule has 3 heterocycles. The number of alkyl halides is 3. The van der Waals surface area contributed by atoms with Gasteiger partial charge in [-0.2, -0.15) is 18.3 Å². The summed E-state index contributed by atoms with van der Waals surface area (Å²) in [4.78, 5) is 25.8. The molecule has 0 fully saturated rings. The average Bonchev–Trinajstić information content (AvgIpc) is 3.32. The molecule has 0 aliphatic rings. The number of rotatable bonds is 5. The van der Waals surface area contributed by atoms with Crippen LogP contribution in [0.5, 0.6) is 0 Å². The summed E-state index contributed by atoms with van der Waals surface area (Å²) >= 11 is 1.15. The predicted octanol–water partition coefficient (Wildman–Crippen LogP) is 5.22. The topological polar surface area (TPSA) is 85.6 Å². The molecule has 0 aliphatic heterocycles. The first-order valence-corrected chi connectivity index (χ1v) is 11.2. The lowest BCUT2D eigenvalue weighted by Gasteiger charge is -2.07. The van der Waals surface area contributed by atoms with Crippen LogP contribution < -0.4 is 5.32 Å². The Morgan fingerprint density at radius 3 is 2.44 bits per heavy atom. The molecule has 176 valence electrons. The van der Waals surface area contributed by atoms with Crippen molar-refractivity contribution >= 4 is 22.4 Å². The van der Waals surface area contributed by atoms with Crippen LogP contribution in [0.2, 0.25) is 0 Å². The van der Waals surface area contributed by atoms with E-state index in [0.717, 1.165) is 46.1 Å². The number of thiazole rings is 1. The van der Waals surface area contributed by atoms with Crippen LogP contribution in [-0.4, -0.2) is 30.6 Å². The minimum Gasteiger partial charge on any atom is -0.302 e. The molecule has 7 nitrogen and oxygen atoms in total. The minimum atomic E-state index is -4.44. The van der Waals surface area contributed by atoms with Crippen LogP contribution in [-0.2, 0) is 17.4 Å². The van der Waals surface area contributed by atoms with Crippen molar-refractivity contribution in [2.24, 2.45) is 0 Å². The average molecular weight is 487 g/mol. The van der Waals surface area contributed by atoms with E-state index < -0.39 is 11.7 Å². The van der Waals surface area contributed by atoms with Gasteiger partial charge in [-0.15, -0.1) is 11.3 Å². The van der Waals surface area contributed by atoms with E-state index in [0.29, 0.717) is 28.0 Å². The van der Waals surface area contributed by atoms with Gasteiger partial charge >= 0.3 is 6.18 Å². The standard InChI is InChI=1S/C23H21F3N6OS/c1-12-8-13(2)28-21(27-12)32-15(4)18(14(3)31-32)10-20(33)30-22-29-19(11-34-22)16-6-5-7-17(9-16)23(24,25)26/h5-9,11H,10H2,1-4H3,(H,29,30,33). The van der Waals surface area contributed by atoms with Crippen molar-refractivity contribution < 1.29 is 18.0 Å². The molecule has 34 heavy (non-hydrogen) atoms.